The van der Waals surface area contributed by atoms with Crippen LogP contribution in [0.2, 0.25) is 0 Å². The molecule has 0 aliphatic heterocycles. The molecule has 2 aromatic heterocycles. The summed E-state index contributed by atoms with van der Waals surface area (Å²) in [6.45, 7) is 4.63. The Balaban J connectivity index is 1.45. The molecule has 5 aromatic rings. The van der Waals surface area contributed by atoms with Crippen molar-refractivity contribution in [1.82, 2.24) is 15.9 Å². The summed E-state index contributed by atoms with van der Waals surface area (Å²) in [4.78, 5) is 0. The number of hydrogen-bond acceptors (Lipinski definition) is 4. The van der Waals surface area contributed by atoms with Crippen LogP contribution in [-0.2, 0) is 11.8 Å². The molecule has 2 aliphatic carbocycles. The van der Waals surface area contributed by atoms with E-state index in [1.807, 2.05) is 0 Å². The topological polar surface area (TPSA) is 51.6 Å². The van der Waals surface area contributed by atoms with Gasteiger partial charge in [0.25, 0.3) is 0 Å². The first-order chi connectivity index (χ1) is 18.7. The van der Waals surface area contributed by atoms with Crippen molar-refractivity contribution in [3.05, 3.63) is 58.7 Å². The van der Waals surface area contributed by atoms with Crippen molar-refractivity contribution >= 4 is 52.0 Å². The molecule has 0 spiro atoms. The van der Waals surface area contributed by atoms with E-state index in [-0.39, 0.29) is 35.3 Å². The monoisotopic (exact) mass is 634 g/mol. The Hall–Kier alpha value is -2.10. The van der Waals surface area contributed by atoms with Crippen molar-refractivity contribution in [3.8, 4) is 22.3 Å². The molecule has 3 aromatic carbocycles. The van der Waals surface area contributed by atoms with E-state index < -0.39 is 0 Å². The third-order valence-corrected chi connectivity index (χ3v) is 11.3. The molecule has 38 heavy (non-hydrogen) atoms. The Morgan fingerprint density at radius 1 is 0.632 bits per heavy atom. The van der Waals surface area contributed by atoms with Crippen LogP contribution in [-0.4, -0.2) is 45.8 Å². The van der Waals surface area contributed by atoms with Crippen molar-refractivity contribution in [2.45, 2.75) is 89.9 Å². The van der Waals surface area contributed by atoms with Gasteiger partial charge in [0.05, 0.1) is 0 Å². The van der Waals surface area contributed by atoms with Crippen molar-refractivity contribution in [3.63, 3.8) is 0 Å². The Morgan fingerprint density at radius 2 is 1.29 bits per heavy atom. The fourth-order valence-electron chi connectivity index (χ4n) is 7.21. The van der Waals surface area contributed by atoms with Gasteiger partial charge in [0.2, 0.25) is 0 Å². The first kappa shape index (κ1) is 24.9. The van der Waals surface area contributed by atoms with Crippen LogP contribution >= 0.6 is 0 Å². The standard InChI is InChI=1S/C32H34N4Se2/c1-3-5-7-9-15-32(16-10-8-6-4-2)24-12-14-27-31(36-38-34-27)29(24)23-18-21-17-20-11-13-26-30(35-37-33-26)28(20)22(21)19-25(23)32/h11-14,18-19H,3-10,15-17H2,1-2H3. The zero-order chi connectivity index (χ0) is 25.7. The SMILES string of the molecule is CCCCCCC1(CCCCCC)c2cc3c(cc2-c2c1ccc1n[se]nc21)Cc1ccc2n[se]nc2c1-3. The number of fused-ring (bicyclic) bond motifs is 10. The second-order valence-corrected chi connectivity index (χ2v) is 13.5. The molecular formula is C32H34N4Se2. The summed E-state index contributed by atoms with van der Waals surface area (Å²) in [5.74, 6) is 0. The van der Waals surface area contributed by atoms with E-state index in [1.54, 1.807) is 5.56 Å². The number of rotatable bonds is 10. The molecule has 2 heterocycles. The van der Waals surface area contributed by atoms with E-state index in [2.05, 4.69) is 50.2 Å². The van der Waals surface area contributed by atoms with E-state index in [4.69, 9.17) is 15.9 Å². The Kier molecular flexibility index (Phi) is 6.64. The second kappa shape index (κ2) is 10.1. The van der Waals surface area contributed by atoms with Crippen molar-refractivity contribution in [2.75, 3.05) is 0 Å². The fourth-order valence-corrected chi connectivity index (χ4v) is 9.49. The van der Waals surface area contributed by atoms with Crippen LogP contribution in [0.15, 0.2) is 36.4 Å². The number of aromatic nitrogens is 4. The molecular weight excluding hydrogens is 598 g/mol. The summed E-state index contributed by atoms with van der Waals surface area (Å²) in [7, 11) is 0. The van der Waals surface area contributed by atoms with Crippen LogP contribution in [0.25, 0.3) is 44.3 Å². The molecule has 6 heteroatoms. The van der Waals surface area contributed by atoms with E-state index in [1.165, 1.54) is 109 Å². The summed E-state index contributed by atoms with van der Waals surface area (Å²) >= 11 is -0.0335. The van der Waals surface area contributed by atoms with Crippen LogP contribution in [0.4, 0.5) is 0 Å². The molecule has 0 atom stereocenters. The van der Waals surface area contributed by atoms with Crippen LogP contribution < -0.4 is 0 Å². The third-order valence-electron chi connectivity index (χ3n) is 9.05. The zero-order valence-electron chi connectivity index (χ0n) is 22.3. The molecule has 2 aliphatic rings. The van der Waals surface area contributed by atoms with Gasteiger partial charge in [0.1, 0.15) is 0 Å². The molecule has 0 amide bonds. The van der Waals surface area contributed by atoms with E-state index in [9.17, 15) is 0 Å². The maximum atomic E-state index is 5.01. The van der Waals surface area contributed by atoms with Crippen LogP contribution in [0.5, 0.6) is 0 Å². The third kappa shape index (κ3) is 3.83. The van der Waals surface area contributed by atoms with Crippen molar-refractivity contribution < 1.29 is 0 Å². The predicted octanol–water partition coefficient (Wildman–Crippen LogP) is 7.47. The number of hydrogen-bond donors (Lipinski definition) is 0. The summed E-state index contributed by atoms with van der Waals surface area (Å²) < 4.78 is 19.4. The summed E-state index contributed by atoms with van der Waals surface area (Å²) in [5.41, 5.74) is 16.1. The average Bonchev–Trinajstić information content (AvgIpc) is 3.71. The van der Waals surface area contributed by atoms with Crippen LogP contribution in [0, 0.1) is 0 Å². The number of unbranched alkanes of at least 4 members (excludes halogenated alkanes) is 6. The molecule has 7 rings (SSSR count). The van der Waals surface area contributed by atoms with Gasteiger partial charge in [0.15, 0.2) is 0 Å². The minimum absolute atomic E-state index is 0.0111. The fraction of sp³-hybridized carbons (Fsp3) is 0.438. The van der Waals surface area contributed by atoms with Gasteiger partial charge in [-0.15, -0.1) is 0 Å². The Labute approximate surface area is 237 Å². The Bertz CT molecular complexity index is 1630. The predicted molar refractivity (Wildman–Crippen MR) is 158 cm³/mol. The summed E-state index contributed by atoms with van der Waals surface area (Å²) in [6, 6.07) is 14.3. The van der Waals surface area contributed by atoms with Crippen LogP contribution in [0.3, 0.4) is 0 Å². The molecule has 0 saturated carbocycles. The second-order valence-electron chi connectivity index (χ2n) is 11.3. The molecule has 0 saturated heterocycles. The molecule has 4 nitrogen and oxygen atoms in total. The Morgan fingerprint density at radius 3 is 1.97 bits per heavy atom. The van der Waals surface area contributed by atoms with Gasteiger partial charge >= 0.3 is 239 Å². The molecule has 0 unspecified atom stereocenters. The maximum absolute atomic E-state index is 5.01. The average molecular weight is 633 g/mol. The quantitative estimate of drug-likeness (QED) is 0.116. The van der Waals surface area contributed by atoms with E-state index >= 15 is 0 Å². The zero-order valence-corrected chi connectivity index (χ0v) is 25.8. The molecule has 0 bridgehead atoms. The van der Waals surface area contributed by atoms with Gasteiger partial charge < -0.3 is 0 Å². The summed E-state index contributed by atoms with van der Waals surface area (Å²) in [6.07, 6.45) is 13.8. The molecule has 0 radical (unpaired) electrons. The van der Waals surface area contributed by atoms with Gasteiger partial charge in [-0.05, 0) is 0 Å². The first-order valence-corrected chi connectivity index (χ1v) is 17.5. The van der Waals surface area contributed by atoms with Gasteiger partial charge in [-0.1, -0.05) is 0 Å². The van der Waals surface area contributed by atoms with Crippen molar-refractivity contribution in [2.24, 2.45) is 0 Å². The van der Waals surface area contributed by atoms with E-state index in [0.717, 1.165) is 23.0 Å². The number of nitrogens with zero attached hydrogens (tertiary/aromatic N) is 4. The van der Waals surface area contributed by atoms with Crippen molar-refractivity contribution in [1.29, 1.82) is 0 Å². The molecule has 0 N–H and O–H groups in total. The van der Waals surface area contributed by atoms with Crippen LogP contribution in [0.1, 0.15) is 100 Å². The van der Waals surface area contributed by atoms with Gasteiger partial charge in [0, 0.05) is 0 Å². The first-order valence-electron chi connectivity index (χ1n) is 14.4. The minimum atomic E-state index is -0.0224. The van der Waals surface area contributed by atoms with Gasteiger partial charge in [-0.25, -0.2) is 0 Å². The van der Waals surface area contributed by atoms with Gasteiger partial charge in [-0.2, -0.15) is 0 Å². The normalized spacial score (nSPS) is 14.7. The van der Waals surface area contributed by atoms with E-state index in [0.29, 0.717) is 0 Å². The molecule has 0 fully saturated rings. The van der Waals surface area contributed by atoms with Gasteiger partial charge in [-0.3, -0.25) is 0 Å². The summed E-state index contributed by atoms with van der Waals surface area (Å²) in [5, 5.41) is 0. The molecule has 194 valence electrons. The number of benzene rings is 3.